The Bertz CT molecular complexity index is 774. The summed E-state index contributed by atoms with van der Waals surface area (Å²) in [4.78, 5) is 26.9. The first-order chi connectivity index (χ1) is 12.9. The fourth-order valence-electron chi connectivity index (χ4n) is 2.86. The molecule has 0 fully saturated rings. The van der Waals surface area contributed by atoms with E-state index in [1.807, 2.05) is 56.3 Å². The molecule has 5 heteroatoms. The van der Waals surface area contributed by atoms with E-state index in [9.17, 15) is 9.59 Å². The van der Waals surface area contributed by atoms with Crippen molar-refractivity contribution >= 4 is 23.4 Å². The highest BCUT2D eigenvalue weighted by atomic mass is 35.5. The molecular formula is C22H27ClN2O2. The number of amides is 2. The molecule has 2 amide bonds. The van der Waals surface area contributed by atoms with Crippen LogP contribution in [0.1, 0.15) is 37.0 Å². The van der Waals surface area contributed by atoms with Crippen LogP contribution in [-0.4, -0.2) is 29.3 Å². The molecule has 0 aromatic heterocycles. The zero-order valence-corrected chi connectivity index (χ0v) is 16.9. The number of rotatable bonds is 8. The number of carbonyl (C=O) groups excluding carboxylic acids is 2. The fourth-order valence-corrected chi connectivity index (χ4v) is 3.06. The molecule has 0 aliphatic heterocycles. The molecule has 0 bridgehead atoms. The lowest BCUT2D eigenvalue weighted by Gasteiger charge is -2.29. The van der Waals surface area contributed by atoms with Crippen molar-refractivity contribution in [1.29, 1.82) is 0 Å². The van der Waals surface area contributed by atoms with Gasteiger partial charge >= 0.3 is 0 Å². The summed E-state index contributed by atoms with van der Waals surface area (Å²) in [6, 6.07) is 15.0. The maximum Gasteiger partial charge on any atom is 0.242 e. The van der Waals surface area contributed by atoms with Crippen molar-refractivity contribution in [2.75, 3.05) is 6.54 Å². The largest absolute Gasteiger partial charge is 0.355 e. The van der Waals surface area contributed by atoms with Gasteiger partial charge in [-0.3, -0.25) is 9.59 Å². The summed E-state index contributed by atoms with van der Waals surface area (Å²) in [5.41, 5.74) is 3.13. The number of hydrogen-bond acceptors (Lipinski definition) is 2. The van der Waals surface area contributed by atoms with Gasteiger partial charge in [-0.2, -0.15) is 0 Å². The van der Waals surface area contributed by atoms with Crippen LogP contribution >= 0.6 is 11.6 Å². The highest BCUT2D eigenvalue weighted by molar-refractivity contribution is 6.31. The Balaban J connectivity index is 2.14. The minimum atomic E-state index is -0.563. The average Bonchev–Trinajstić information content (AvgIpc) is 2.66. The van der Waals surface area contributed by atoms with Gasteiger partial charge in [-0.15, -0.1) is 0 Å². The van der Waals surface area contributed by atoms with Crippen LogP contribution in [0.2, 0.25) is 5.02 Å². The molecule has 2 aromatic carbocycles. The predicted octanol–water partition coefficient (Wildman–Crippen LogP) is 4.13. The summed E-state index contributed by atoms with van der Waals surface area (Å²) in [5, 5.41) is 3.39. The van der Waals surface area contributed by atoms with Crippen molar-refractivity contribution in [2.24, 2.45) is 0 Å². The topological polar surface area (TPSA) is 49.4 Å². The van der Waals surface area contributed by atoms with Crippen LogP contribution in [0.3, 0.4) is 0 Å². The third kappa shape index (κ3) is 6.10. The van der Waals surface area contributed by atoms with E-state index in [0.29, 0.717) is 31.0 Å². The highest BCUT2D eigenvalue weighted by Gasteiger charge is 2.26. The molecule has 144 valence electrons. The van der Waals surface area contributed by atoms with Crippen molar-refractivity contribution < 1.29 is 9.59 Å². The molecule has 0 heterocycles. The Kier molecular flexibility index (Phi) is 7.86. The molecule has 4 nitrogen and oxygen atoms in total. The summed E-state index contributed by atoms with van der Waals surface area (Å²) in [6.07, 6.45) is 0.984. The minimum absolute atomic E-state index is 0.0609. The lowest BCUT2D eigenvalue weighted by Crippen LogP contribution is -2.47. The van der Waals surface area contributed by atoms with Crippen LogP contribution in [0.4, 0.5) is 0 Å². The number of benzene rings is 2. The maximum absolute atomic E-state index is 13.0. The van der Waals surface area contributed by atoms with E-state index in [-0.39, 0.29) is 11.8 Å². The molecule has 27 heavy (non-hydrogen) atoms. The van der Waals surface area contributed by atoms with Gasteiger partial charge in [0.25, 0.3) is 0 Å². The van der Waals surface area contributed by atoms with Crippen molar-refractivity contribution in [3.8, 4) is 0 Å². The predicted molar refractivity (Wildman–Crippen MR) is 110 cm³/mol. The second kappa shape index (κ2) is 10.1. The molecule has 0 saturated heterocycles. The molecule has 0 aliphatic carbocycles. The molecule has 2 aromatic rings. The van der Waals surface area contributed by atoms with E-state index in [2.05, 4.69) is 5.32 Å². The van der Waals surface area contributed by atoms with E-state index in [4.69, 9.17) is 11.6 Å². The van der Waals surface area contributed by atoms with Gasteiger partial charge in [0, 0.05) is 24.5 Å². The Morgan fingerprint density at radius 3 is 2.41 bits per heavy atom. The number of nitrogens with one attached hydrogen (secondary N) is 1. The first-order valence-corrected chi connectivity index (χ1v) is 9.66. The maximum atomic E-state index is 13.0. The highest BCUT2D eigenvalue weighted by Crippen LogP contribution is 2.19. The molecular weight excluding hydrogens is 360 g/mol. The molecule has 0 saturated carbocycles. The number of halogens is 1. The van der Waals surface area contributed by atoms with Crippen molar-refractivity contribution in [1.82, 2.24) is 10.2 Å². The van der Waals surface area contributed by atoms with Gasteiger partial charge in [0.2, 0.25) is 11.8 Å². The summed E-state index contributed by atoms with van der Waals surface area (Å²) >= 11 is 6.27. The van der Waals surface area contributed by atoms with Crippen LogP contribution in [0.15, 0.2) is 48.5 Å². The van der Waals surface area contributed by atoms with Crippen LogP contribution in [-0.2, 0) is 22.6 Å². The lowest BCUT2D eigenvalue weighted by atomic mass is 10.1. The van der Waals surface area contributed by atoms with Gasteiger partial charge in [0.1, 0.15) is 6.04 Å². The molecule has 0 radical (unpaired) electrons. The quantitative estimate of drug-likeness (QED) is 0.741. The third-order valence-corrected chi connectivity index (χ3v) is 4.93. The van der Waals surface area contributed by atoms with E-state index < -0.39 is 6.04 Å². The number of hydrogen-bond donors (Lipinski definition) is 1. The molecule has 1 N–H and O–H groups in total. The van der Waals surface area contributed by atoms with Crippen LogP contribution in [0.5, 0.6) is 0 Å². The van der Waals surface area contributed by atoms with E-state index in [1.54, 1.807) is 17.9 Å². The Hall–Kier alpha value is -2.33. The minimum Gasteiger partial charge on any atom is -0.355 e. The fraction of sp³-hybridized carbons (Fsp3) is 0.364. The zero-order chi connectivity index (χ0) is 19.8. The SMILES string of the molecule is CCNC(=O)[C@@H](C)N(Cc1ccccc1Cl)C(=O)CCc1ccc(C)cc1. The standard InChI is InChI=1S/C22H27ClN2O2/c1-4-24-22(27)17(3)25(15-19-7-5-6-8-20(19)23)21(26)14-13-18-11-9-16(2)10-12-18/h5-12,17H,4,13-15H2,1-3H3,(H,24,27)/t17-/m1/s1. The molecule has 0 aliphatic rings. The smallest absolute Gasteiger partial charge is 0.242 e. The summed E-state index contributed by atoms with van der Waals surface area (Å²) < 4.78 is 0. The molecule has 2 rings (SSSR count). The van der Waals surface area contributed by atoms with Crippen molar-refractivity contribution in [2.45, 2.75) is 46.2 Å². The van der Waals surface area contributed by atoms with Gasteiger partial charge in [0.05, 0.1) is 0 Å². The first kappa shape index (κ1) is 21.0. The third-order valence-electron chi connectivity index (χ3n) is 4.56. The monoisotopic (exact) mass is 386 g/mol. The number of nitrogens with zero attached hydrogens (tertiary/aromatic N) is 1. The van der Waals surface area contributed by atoms with Gasteiger partial charge in [-0.1, -0.05) is 59.6 Å². The van der Waals surface area contributed by atoms with Crippen LogP contribution in [0.25, 0.3) is 0 Å². The number of likely N-dealkylation sites (N-methyl/N-ethyl adjacent to an activating group) is 1. The molecule has 0 unspecified atom stereocenters. The van der Waals surface area contributed by atoms with Gasteiger partial charge < -0.3 is 10.2 Å². The van der Waals surface area contributed by atoms with Crippen molar-refractivity contribution in [3.63, 3.8) is 0 Å². The number of carbonyl (C=O) groups is 2. The number of aryl methyl sites for hydroxylation is 2. The van der Waals surface area contributed by atoms with Gasteiger partial charge in [-0.25, -0.2) is 0 Å². The van der Waals surface area contributed by atoms with Gasteiger partial charge in [-0.05, 0) is 44.4 Å². The van der Waals surface area contributed by atoms with E-state index in [0.717, 1.165) is 11.1 Å². The molecule has 1 atom stereocenters. The van der Waals surface area contributed by atoms with Crippen LogP contribution in [0, 0.1) is 6.92 Å². The summed E-state index contributed by atoms with van der Waals surface area (Å²) in [5.74, 6) is -0.220. The second-order valence-corrected chi connectivity index (χ2v) is 7.08. The normalized spacial score (nSPS) is 11.7. The Morgan fingerprint density at radius 2 is 1.78 bits per heavy atom. The Morgan fingerprint density at radius 1 is 1.11 bits per heavy atom. The second-order valence-electron chi connectivity index (χ2n) is 6.67. The summed E-state index contributed by atoms with van der Waals surface area (Å²) in [7, 11) is 0. The van der Waals surface area contributed by atoms with Crippen LogP contribution < -0.4 is 5.32 Å². The molecule has 0 spiro atoms. The van der Waals surface area contributed by atoms with Crippen molar-refractivity contribution in [3.05, 3.63) is 70.2 Å². The average molecular weight is 387 g/mol. The first-order valence-electron chi connectivity index (χ1n) is 9.28. The zero-order valence-electron chi connectivity index (χ0n) is 16.2. The van der Waals surface area contributed by atoms with E-state index >= 15 is 0 Å². The summed E-state index contributed by atoms with van der Waals surface area (Å²) in [6.45, 7) is 6.49. The van der Waals surface area contributed by atoms with E-state index in [1.165, 1.54) is 5.56 Å². The van der Waals surface area contributed by atoms with Gasteiger partial charge in [0.15, 0.2) is 0 Å². The lowest BCUT2D eigenvalue weighted by molar-refractivity contribution is -0.140. The Labute approximate surface area is 166 Å².